The fraction of sp³-hybridized carbons (Fsp3) is 0.571. The molecule has 0 heterocycles. The summed E-state index contributed by atoms with van der Waals surface area (Å²) in [5, 5.41) is 0. The molecule has 4 nitrogen and oxygen atoms in total. The first-order chi connectivity index (χ1) is 8.85. The van der Waals surface area contributed by atoms with Gasteiger partial charge < -0.3 is 5.73 Å². The Bertz CT molecular complexity index is 577. The van der Waals surface area contributed by atoms with Crippen LogP contribution in [0.5, 0.6) is 0 Å². The van der Waals surface area contributed by atoms with Gasteiger partial charge in [-0.25, -0.2) is 13.1 Å². The fourth-order valence-corrected chi connectivity index (χ4v) is 3.98. The Hall–Kier alpha value is -0.910. The van der Waals surface area contributed by atoms with E-state index in [2.05, 4.69) is 4.72 Å². The third-order valence-electron chi connectivity index (χ3n) is 3.87. The summed E-state index contributed by atoms with van der Waals surface area (Å²) in [5.41, 5.74) is 8.23. The van der Waals surface area contributed by atoms with E-state index in [-0.39, 0.29) is 6.04 Å². The molecule has 0 bridgehead atoms. The van der Waals surface area contributed by atoms with Gasteiger partial charge in [-0.2, -0.15) is 0 Å². The minimum absolute atomic E-state index is 0.00578. The Balaban J connectivity index is 2.35. The fourth-order valence-electron chi connectivity index (χ4n) is 2.30. The number of sulfonamides is 1. The Kier molecular flexibility index (Phi) is 3.99. The number of hydrogen-bond donors (Lipinski definition) is 2. The summed E-state index contributed by atoms with van der Waals surface area (Å²) in [4.78, 5) is 0.362. The molecule has 0 aromatic heterocycles. The predicted molar refractivity (Wildman–Crippen MR) is 76.3 cm³/mol. The summed E-state index contributed by atoms with van der Waals surface area (Å²) >= 11 is 0. The molecular formula is C14H22N2O2S. The van der Waals surface area contributed by atoms with Crippen molar-refractivity contribution in [2.75, 3.05) is 0 Å². The van der Waals surface area contributed by atoms with E-state index in [1.165, 1.54) is 0 Å². The highest BCUT2D eigenvalue weighted by molar-refractivity contribution is 7.89. The normalized spacial score (nSPS) is 17.5. The quantitative estimate of drug-likeness (QED) is 0.865. The molecule has 0 saturated heterocycles. The van der Waals surface area contributed by atoms with Crippen LogP contribution >= 0.6 is 0 Å². The van der Waals surface area contributed by atoms with E-state index in [1.807, 2.05) is 26.8 Å². The Morgan fingerprint density at radius 2 is 2.00 bits per heavy atom. The highest BCUT2D eigenvalue weighted by Crippen LogP contribution is 2.33. The standard InChI is InChI=1S/C14H22N2O2S/c1-9-6-12(8-15)7-14(10(9)2)19(17,18)16-11(3)13-4-5-13/h6-7,11,13,16H,4-5,8,15H2,1-3H3. The van der Waals surface area contributed by atoms with Gasteiger partial charge in [0.1, 0.15) is 0 Å². The average Bonchev–Trinajstić information content (AvgIpc) is 3.15. The van der Waals surface area contributed by atoms with Crippen molar-refractivity contribution in [2.24, 2.45) is 11.7 Å². The molecule has 3 N–H and O–H groups in total. The van der Waals surface area contributed by atoms with Crippen molar-refractivity contribution in [3.05, 3.63) is 28.8 Å². The average molecular weight is 282 g/mol. The third kappa shape index (κ3) is 3.16. The van der Waals surface area contributed by atoms with Crippen molar-refractivity contribution in [3.63, 3.8) is 0 Å². The maximum Gasteiger partial charge on any atom is 0.241 e. The molecule has 1 fully saturated rings. The van der Waals surface area contributed by atoms with Gasteiger partial charge in [0.25, 0.3) is 0 Å². The van der Waals surface area contributed by atoms with Crippen LogP contribution in [0.3, 0.4) is 0 Å². The monoisotopic (exact) mass is 282 g/mol. The van der Waals surface area contributed by atoms with Gasteiger partial charge in [0.05, 0.1) is 4.90 Å². The number of rotatable bonds is 5. The smallest absolute Gasteiger partial charge is 0.241 e. The van der Waals surface area contributed by atoms with Crippen molar-refractivity contribution in [2.45, 2.75) is 51.1 Å². The first-order valence-corrected chi connectivity index (χ1v) is 8.16. The summed E-state index contributed by atoms with van der Waals surface area (Å²) in [6, 6.07) is 3.63. The highest BCUT2D eigenvalue weighted by Gasteiger charge is 2.31. The first kappa shape index (κ1) is 14.5. The number of aryl methyl sites for hydroxylation is 1. The van der Waals surface area contributed by atoms with Gasteiger partial charge in [-0.15, -0.1) is 0 Å². The molecule has 2 rings (SSSR count). The summed E-state index contributed by atoms with van der Waals surface area (Å²) in [7, 11) is -3.46. The van der Waals surface area contributed by atoms with Crippen molar-refractivity contribution < 1.29 is 8.42 Å². The van der Waals surface area contributed by atoms with Crippen molar-refractivity contribution in [1.82, 2.24) is 4.72 Å². The van der Waals surface area contributed by atoms with E-state index in [0.29, 0.717) is 17.4 Å². The van der Waals surface area contributed by atoms with Crippen LogP contribution < -0.4 is 10.5 Å². The van der Waals surface area contributed by atoms with Gasteiger partial charge in [-0.1, -0.05) is 6.07 Å². The van der Waals surface area contributed by atoms with Crippen LogP contribution in [0, 0.1) is 19.8 Å². The molecule has 1 aliphatic carbocycles. The lowest BCUT2D eigenvalue weighted by molar-refractivity contribution is 0.537. The number of nitrogens with one attached hydrogen (secondary N) is 1. The topological polar surface area (TPSA) is 72.2 Å². The van der Waals surface area contributed by atoms with Crippen LogP contribution in [0.4, 0.5) is 0 Å². The molecule has 19 heavy (non-hydrogen) atoms. The predicted octanol–water partition coefficient (Wildman–Crippen LogP) is 1.84. The van der Waals surface area contributed by atoms with Crippen molar-refractivity contribution in [3.8, 4) is 0 Å². The number of hydrogen-bond acceptors (Lipinski definition) is 3. The molecular weight excluding hydrogens is 260 g/mol. The molecule has 1 aromatic rings. The minimum Gasteiger partial charge on any atom is -0.326 e. The van der Waals surface area contributed by atoms with E-state index in [1.54, 1.807) is 6.07 Å². The summed E-state index contributed by atoms with van der Waals surface area (Å²) in [6.07, 6.45) is 2.23. The molecule has 1 aromatic carbocycles. The lowest BCUT2D eigenvalue weighted by Crippen LogP contribution is -2.34. The van der Waals surface area contributed by atoms with Crippen LogP contribution in [0.25, 0.3) is 0 Å². The van der Waals surface area contributed by atoms with Crippen LogP contribution in [-0.2, 0) is 16.6 Å². The second-order valence-electron chi connectivity index (χ2n) is 5.49. The van der Waals surface area contributed by atoms with E-state index in [9.17, 15) is 8.42 Å². The minimum atomic E-state index is -3.46. The molecule has 5 heteroatoms. The molecule has 1 atom stereocenters. The van der Waals surface area contributed by atoms with Crippen LogP contribution in [0.2, 0.25) is 0 Å². The molecule has 1 saturated carbocycles. The van der Waals surface area contributed by atoms with Crippen LogP contribution in [-0.4, -0.2) is 14.5 Å². The van der Waals surface area contributed by atoms with Crippen LogP contribution in [0.1, 0.15) is 36.5 Å². The van der Waals surface area contributed by atoms with Gasteiger partial charge in [0.15, 0.2) is 0 Å². The third-order valence-corrected chi connectivity index (χ3v) is 5.56. The van der Waals surface area contributed by atoms with Gasteiger partial charge in [-0.3, -0.25) is 0 Å². The molecule has 0 amide bonds. The SMILES string of the molecule is Cc1cc(CN)cc(S(=O)(=O)NC(C)C2CC2)c1C. The molecule has 0 radical (unpaired) electrons. The van der Waals surface area contributed by atoms with Crippen LogP contribution in [0.15, 0.2) is 17.0 Å². The molecule has 1 unspecified atom stereocenters. The van der Waals surface area contributed by atoms with Gasteiger partial charge >= 0.3 is 0 Å². The van der Waals surface area contributed by atoms with Crippen molar-refractivity contribution in [1.29, 1.82) is 0 Å². The largest absolute Gasteiger partial charge is 0.326 e. The molecule has 0 aliphatic heterocycles. The maximum atomic E-state index is 12.5. The number of benzene rings is 1. The van der Waals surface area contributed by atoms with Crippen molar-refractivity contribution >= 4 is 10.0 Å². The second-order valence-corrected chi connectivity index (χ2v) is 7.17. The maximum absolute atomic E-state index is 12.5. The highest BCUT2D eigenvalue weighted by atomic mass is 32.2. The zero-order valence-corrected chi connectivity index (χ0v) is 12.5. The molecule has 106 valence electrons. The second kappa shape index (κ2) is 5.23. The first-order valence-electron chi connectivity index (χ1n) is 6.67. The lowest BCUT2D eigenvalue weighted by atomic mass is 10.1. The Morgan fingerprint density at radius 1 is 1.37 bits per heavy atom. The van der Waals surface area contributed by atoms with Gasteiger partial charge in [-0.05, 0) is 62.3 Å². The summed E-state index contributed by atoms with van der Waals surface area (Å²) in [6.45, 7) is 6.04. The summed E-state index contributed by atoms with van der Waals surface area (Å²) < 4.78 is 27.7. The zero-order valence-electron chi connectivity index (χ0n) is 11.7. The van der Waals surface area contributed by atoms with E-state index in [4.69, 9.17) is 5.73 Å². The van der Waals surface area contributed by atoms with E-state index < -0.39 is 10.0 Å². The molecule has 1 aliphatic rings. The van der Waals surface area contributed by atoms with Gasteiger partial charge in [0, 0.05) is 12.6 Å². The number of nitrogens with two attached hydrogens (primary N) is 1. The summed E-state index contributed by atoms with van der Waals surface area (Å²) in [5.74, 6) is 0.494. The van der Waals surface area contributed by atoms with E-state index >= 15 is 0 Å². The Labute approximate surface area is 115 Å². The Morgan fingerprint density at radius 3 is 2.53 bits per heavy atom. The lowest BCUT2D eigenvalue weighted by Gasteiger charge is -2.16. The zero-order chi connectivity index (χ0) is 14.2. The van der Waals surface area contributed by atoms with Gasteiger partial charge in [0.2, 0.25) is 10.0 Å². The molecule has 0 spiro atoms. The van der Waals surface area contributed by atoms with E-state index in [0.717, 1.165) is 29.5 Å².